The van der Waals surface area contributed by atoms with Gasteiger partial charge in [-0.25, -0.2) is 0 Å². The van der Waals surface area contributed by atoms with Crippen molar-refractivity contribution >= 4 is 16.7 Å². The highest BCUT2D eigenvalue weighted by molar-refractivity contribution is 5.86. The van der Waals surface area contributed by atoms with Crippen LogP contribution in [0.5, 0.6) is 0 Å². The fraction of sp³-hybridized carbons (Fsp3) is 0.312. The standard InChI is InChI=1S/C16H19NO2/c1-11(10-16(18)19)17-12(2)14-9-5-7-13-6-3-4-8-15(13)14/h3-9,11-12,17H,10H2,1-2H3,(H,18,19)/t11-,12?/m0/s1. The first-order valence-corrected chi connectivity index (χ1v) is 6.53. The number of nitrogens with one attached hydrogen (secondary N) is 1. The minimum absolute atomic E-state index is 0.0496. The van der Waals surface area contributed by atoms with Crippen molar-refractivity contribution in [1.29, 1.82) is 0 Å². The monoisotopic (exact) mass is 257 g/mol. The van der Waals surface area contributed by atoms with Gasteiger partial charge in [0.2, 0.25) is 0 Å². The summed E-state index contributed by atoms with van der Waals surface area (Å²) in [4.78, 5) is 10.7. The second kappa shape index (κ2) is 5.85. The van der Waals surface area contributed by atoms with E-state index in [1.807, 2.05) is 25.1 Å². The molecule has 0 aliphatic heterocycles. The van der Waals surface area contributed by atoms with Gasteiger partial charge in [0, 0.05) is 12.1 Å². The molecular formula is C16H19NO2. The molecule has 0 aliphatic rings. The maximum Gasteiger partial charge on any atom is 0.304 e. The molecule has 2 aromatic carbocycles. The molecule has 0 aliphatic carbocycles. The lowest BCUT2D eigenvalue weighted by Gasteiger charge is -2.20. The van der Waals surface area contributed by atoms with E-state index in [2.05, 4.69) is 36.5 Å². The minimum Gasteiger partial charge on any atom is -0.481 e. The predicted molar refractivity (Wildman–Crippen MR) is 77.2 cm³/mol. The van der Waals surface area contributed by atoms with Gasteiger partial charge >= 0.3 is 5.97 Å². The highest BCUT2D eigenvalue weighted by Crippen LogP contribution is 2.24. The van der Waals surface area contributed by atoms with Crippen molar-refractivity contribution in [1.82, 2.24) is 5.32 Å². The van der Waals surface area contributed by atoms with Gasteiger partial charge in [-0.05, 0) is 30.2 Å². The number of carboxylic acids is 1. The Labute approximate surface area is 113 Å². The van der Waals surface area contributed by atoms with Crippen LogP contribution in [-0.2, 0) is 4.79 Å². The topological polar surface area (TPSA) is 49.3 Å². The maximum atomic E-state index is 10.7. The number of rotatable bonds is 5. The predicted octanol–water partition coefficient (Wildman–Crippen LogP) is 3.35. The van der Waals surface area contributed by atoms with Crippen molar-refractivity contribution in [3.05, 3.63) is 48.0 Å². The lowest BCUT2D eigenvalue weighted by Crippen LogP contribution is -2.31. The van der Waals surface area contributed by atoms with E-state index in [0.717, 1.165) is 0 Å². The number of hydrogen-bond acceptors (Lipinski definition) is 2. The minimum atomic E-state index is -0.773. The number of carboxylic acid groups (broad SMARTS) is 1. The molecule has 2 rings (SSSR count). The maximum absolute atomic E-state index is 10.7. The molecule has 1 unspecified atom stereocenters. The molecule has 0 amide bonds. The highest BCUT2D eigenvalue weighted by Gasteiger charge is 2.13. The van der Waals surface area contributed by atoms with E-state index in [1.54, 1.807) is 0 Å². The quantitative estimate of drug-likeness (QED) is 0.863. The normalized spacial score (nSPS) is 14.2. The molecular weight excluding hydrogens is 238 g/mol. The SMILES string of the molecule is CC(N[C@@H](C)CC(=O)O)c1cccc2ccccc12. The van der Waals surface area contributed by atoms with Crippen LogP contribution < -0.4 is 5.32 Å². The lowest BCUT2D eigenvalue weighted by molar-refractivity contribution is -0.137. The van der Waals surface area contributed by atoms with Crippen molar-refractivity contribution in [3.8, 4) is 0 Å². The van der Waals surface area contributed by atoms with Gasteiger partial charge in [0.05, 0.1) is 6.42 Å². The van der Waals surface area contributed by atoms with Gasteiger partial charge in [-0.3, -0.25) is 4.79 Å². The summed E-state index contributed by atoms with van der Waals surface area (Å²) in [6.07, 6.45) is 0.134. The zero-order valence-corrected chi connectivity index (χ0v) is 11.3. The zero-order chi connectivity index (χ0) is 13.8. The highest BCUT2D eigenvalue weighted by atomic mass is 16.4. The smallest absolute Gasteiger partial charge is 0.304 e. The van der Waals surface area contributed by atoms with Crippen molar-refractivity contribution in [2.45, 2.75) is 32.4 Å². The van der Waals surface area contributed by atoms with Gasteiger partial charge in [-0.15, -0.1) is 0 Å². The summed E-state index contributed by atoms with van der Waals surface area (Å²) in [7, 11) is 0. The Balaban J connectivity index is 2.21. The van der Waals surface area contributed by atoms with Gasteiger partial charge in [0.15, 0.2) is 0 Å². The van der Waals surface area contributed by atoms with Crippen molar-refractivity contribution in [2.24, 2.45) is 0 Å². The van der Waals surface area contributed by atoms with E-state index >= 15 is 0 Å². The molecule has 3 heteroatoms. The van der Waals surface area contributed by atoms with E-state index in [9.17, 15) is 4.79 Å². The molecule has 0 spiro atoms. The third kappa shape index (κ3) is 3.32. The molecule has 0 radical (unpaired) electrons. The Morgan fingerprint density at radius 1 is 1.16 bits per heavy atom. The summed E-state index contributed by atoms with van der Waals surface area (Å²) in [5.41, 5.74) is 1.20. The van der Waals surface area contributed by atoms with E-state index in [4.69, 9.17) is 5.11 Å². The van der Waals surface area contributed by atoms with E-state index in [0.29, 0.717) is 0 Å². The second-order valence-corrected chi connectivity index (χ2v) is 4.96. The molecule has 3 nitrogen and oxygen atoms in total. The first-order chi connectivity index (χ1) is 9.08. The second-order valence-electron chi connectivity index (χ2n) is 4.96. The molecule has 19 heavy (non-hydrogen) atoms. The molecule has 0 aromatic heterocycles. The number of carbonyl (C=O) groups is 1. The largest absolute Gasteiger partial charge is 0.481 e. The van der Waals surface area contributed by atoms with Crippen LogP contribution in [0.25, 0.3) is 10.8 Å². The Morgan fingerprint density at radius 2 is 1.84 bits per heavy atom. The third-order valence-electron chi connectivity index (χ3n) is 3.31. The number of aliphatic carboxylic acids is 1. The Kier molecular flexibility index (Phi) is 4.17. The average Bonchev–Trinajstić information content (AvgIpc) is 2.36. The molecule has 100 valence electrons. The first kappa shape index (κ1) is 13.6. The summed E-state index contributed by atoms with van der Waals surface area (Å²) < 4.78 is 0. The van der Waals surface area contributed by atoms with Gasteiger partial charge in [-0.2, -0.15) is 0 Å². The van der Waals surface area contributed by atoms with Gasteiger partial charge in [-0.1, -0.05) is 42.5 Å². The summed E-state index contributed by atoms with van der Waals surface area (Å²) in [6.45, 7) is 3.97. The molecule has 2 N–H and O–H groups in total. The van der Waals surface area contributed by atoms with Crippen LogP contribution in [0.2, 0.25) is 0 Å². The van der Waals surface area contributed by atoms with E-state index < -0.39 is 5.97 Å². The van der Waals surface area contributed by atoms with E-state index in [1.165, 1.54) is 16.3 Å². The first-order valence-electron chi connectivity index (χ1n) is 6.53. The zero-order valence-electron chi connectivity index (χ0n) is 11.3. The number of benzene rings is 2. The molecule has 0 saturated carbocycles. The summed E-state index contributed by atoms with van der Waals surface area (Å²) in [5, 5.41) is 14.6. The molecule has 0 saturated heterocycles. The van der Waals surface area contributed by atoms with Crippen LogP contribution in [0.15, 0.2) is 42.5 Å². The third-order valence-corrected chi connectivity index (χ3v) is 3.31. The van der Waals surface area contributed by atoms with Crippen molar-refractivity contribution < 1.29 is 9.90 Å². The summed E-state index contributed by atoms with van der Waals surface area (Å²) in [6, 6.07) is 14.5. The molecule has 2 aromatic rings. The number of fused-ring (bicyclic) bond motifs is 1. The average molecular weight is 257 g/mol. The van der Waals surface area contributed by atoms with Gasteiger partial charge in [0.1, 0.15) is 0 Å². The molecule has 0 heterocycles. The number of hydrogen-bond donors (Lipinski definition) is 2. The van der Waals surface area contributed by atoms with Crippen LogP contribution in [0.1, 0.15) is 31.9 Å². The van der Waals surface area contributed by atoms with Crippen molar-refractivity contribution in [3.63, 3.8) is 0 Å². The fourth-order valence-electron chi connectivity index (χ4n) is 2.47. The molecule has 0 bridgehead atoms. The van der Waals surface area contributed by atoms with Crippen LogP contribution in [0, 0.1) is 0 Å². The Morgan fingerprint density at radius 3 is 2.58 bits per heavy atom. The summed E-state index contributed by atoms with van der Waals surface area (Å²) >= 11 is 0. The Hall–Kier alpha value is -1.87. The van der Waals surface area contributed by atoms with Crippen LogP contribution in [0.3, 0.4) is 0 Å². The van der Waals surface area contributed by atoms with Gasteiger partial charge in [0.25, 0.3) is 0 Å². The molecule has 0 fully saturated rings. The van der Waals surface area contributed by atoms with Gasteiger partial charge < -0.3 is 10.4 Å². The molecule has 2 atom stereocenters. The van der Waals surface area contributed by atoms with Crippen LogP contribution in [-0.4, -0.2) is 17.1 Å². The summed E-state index contributed by atoms with van der Waals surface area (Å²) in [5.74, 6) is -0.773. The Bertz CT molecular complexity index is 574. The van der Waals surface area contributed by atoms with Crippen LogP contribution in [0.4, 0.5) is 0 Å². The van der Waals surface area contributed by atoms with E-state index in [-0.39, 0.29) is 18.5 Å². The lowest BCUT2D eigenvalue weighted by atomic mass is 9.99. The fourth-order valence-corrected chi connectivity index (χ4v) is 2.47. The van der Waals surface area contributed by atoms with Crippen molar-refractivity contribution in [2.75, 3.05) is 0 Å². The van der Waals surface area contributed by atoms with Crippen LogP contribution >= 0.6 is 0 Å².